The van der Waals surface area contributed by atoms with Crippen molar-refractivity contribution in [1.29, 1.82) is 0 Å². The lowest BCUT2D eigenvalue weighted by Gasteiger charge is -2.37. The largest absolute Gasteiger partial charge is 0.369 e. The summed E-state index contributed by atoms with van der Waals surface area (Å²) in [6, 6.07) is 16.6. The second-order valence-electron chi connectivity index (χ2n) is 9.52. The van der Waals surface area contributed by atoms with Crippen molar-refractivity contribution in [1.82, 2.24) is 20.5 Å². The highest BCUT2D eigenvalue weighted by molar-refractivity contribution is 5.75. The van der Waals surface area contributed by atoms with Gasteiger partial charge in [-0.25, -0.2) is 9.78 Å². The molecule has 7 heteroatoms. The number of carbonyl (C=O) groups is 1. The molecule has 172 valence electrons. The number of anilines is 2. The fraction of sp³-hybridized carbons (Fsp3) is 0.520. The number of aromatic nitrogens is 1. The molecule has 32 heavy (non-hydrogen) atoms. The number of piperazine rings is 1. The first-order valence-corrected chi connectivity index (χ1v) is 11.8. The van der Waals surface area contributed by atoms with Crippen LogP contribution in [0.25, 0.3) is 0 Å². The van der Waals surface area contributed by atoms with Crippen LogP contribution in [-0.2, 0) is 0 Å². The molecule has 0 bridgehead atoms. The molecule has 0 aliphatic carbocycles. The summed E-state index contributed by atoms with van der Waals surface area (Å²) >= 11 is 0. The number of hydrogen-bond donors (Lipinski definition) is 2. The molecular weight excluding hydrogens is 400 g/mol. The zero-order valence-electron chi connectivity index (χ0n) is 19.3. The van der Waals surface area contributed by atoms with E-state index in [4.69, 9.17) is 0 Å². The van der Waals surface area contributed by atoms with Crippen LogP contribution in [0.3, 0.4) is 0 Å². The van der Waals surface area contributed by atoms with Crippen LogP contribution in [0, 0.1) is 0 Å². The number of carbonyl (C=O) groups excluding carboxylic acids is 1. The van der Waals surface area contributed by atoms with Crippen LogP contribution in [0.4, 0.5) is 16.3 Å². The third-order valence-corrected chi connectivity index (χ3v) is 6.50. The number of benzene rings is 1. The van der Waals surface area contributed by atoms with Crippen LogP contribution in [0.15, 0.2) is 54.7 Å². The van der Waals surface area contributed by atoms with Crippen LogP contribution >= 0.6 is 0 Å². The van der Waals surface area contributed by atoms with Crippen molar-refractivity contribution < 1.29 is 4.79 Å². The van der Waals surface area contributed by atoms with E-state index in [1.165, 1.54) is 5.69 Å². The molecule has 1 atom stereocenters. The van der Waals surface area contributed by atoms with Crippen molar-refractivity contribution in [3.05, 3.63) is 54.7 Å². The van der Waals surface area contributed by atoms with Gasteiger partial charge in [0.15, 0.2) is 0 Å². The lowest BCUT2D eigenvalue weighted by molar-refractivity contribution is 0.206. The monoisotopic (exact) mass is 436 g/mol. The maximum absolute atomic E-state index is 12.6. The predicted molar refractivity (Wildman–Crippen MR) is 130 cm³/mol. The minimum absolute atomic E-state index is 0.0724. The number of nitrogens with one attached hydrogen (secondary N) is 2. The Bertz CT molecular complexity index is 851. The molecule has 0 saturated carbocycles. The quantitative estimate of drug-likeness (QED) is 0.699. The van der Waals surface area contributed by atoms with Gasteiger partial charge in [0.1, 0.15) is 5.82 Å². The summed E-state index contributed by atoms with van der Waals surface area (Å²) in [5, 5.41) is 6.35. The van der Waals surface area contributed by atoms with Gasteiger partial charge in [0, 0.05) is 69.3 Å². The van der Waals surface area contributed by atoms with Crippen molar-refractivity contribution in [3.8, 4) is 0 Å². The van der Waals surface area contributed by atoms with Crippen LogP contribution in [-0.4, -0.2) is 73.3 Å². The Balaban J connectivity index is 1.16. The Labute approximate surface area is 191 Å². The number of amides is 2. The Morgan fingerprint density at radius 2 is 1.75 bits per heavy atom. The standard InChI is InChI=1S/C25H36N6O/c1-25(2,12-15-29-16-18-30(19-17-29)22-8-4-3-5-9-22)28-24(32)27-21-11-14-31(20-21)23-10-6-7-13-26-23/h3-10,13,21H,11-12,14-20H2,1-2H3,(H2,27,28,32). The van der Waals surface area contributed by atoms with Gasteiger partial charge < -0.3 is 20.4 Å². The van der Waals surface area contributed by atoms with E-state index in [2.05, 4.69) is 74.5 Å². The molecule has 2 aliphatic rings. The summed E-state index contributed by atoms with van der Waals surface area (Å²) < 4.78 is 0. The van der Waals surface area contributed by atoms with Crippen LogP contribution in [0.1, 0.15) is 26.7 Å². The summed E-state index contributed by atoms with van der Waals surface area (Å²) in [4.78, 5) is 24.2. The minimum atomic E-state index is -0.250. The lowest BCUT2D eigenvalue weighted by atomic mass is 10.0. The van der Waals surface area contributed by atoms with Gasteiger partial charge in [-0.2, -0.15) is 0 Å². The van der Waals surface area contributed by atoms with Gasteiger partial charge in [-0.05, 0) is 51.0 Å². The summed E-state index contributed by atoms with van der Waals surface area (Å²) in [5.74, 6) is 0.977. The zero-order chi connectivity index (χ0) is 22.4. The van der Waals surface area contributed by atoms with Gasteiger partial charge in [0.2, 0.25) is 0 Å². The van der Waals surface area contributed by atoms with Crippen molar-refractivity contribution in [3.63, 3.8) is 0 Å². The average molecular weight is 437 g/mol. The molecular formula is C25H36N6O. The predicted octanol–water partition coefficient (Wildman–Crippen LogP) is 2.95. The fourth-order valence-corrected chi connectivity index (χ4v) is 4.52. The van der Waals surface area contributed by atoms with Crippen molar-refractivity contribution >= 4 is 17.5 Å². The Morgan fingerprint density at radius 3 is 2.47 bits per heavy atom. The first-order chi connectivity index (χ1) is 15.5. The maximum atomic E-state index is 12.6. The molecule has 2 N–H and O–H groups in total. The summed E-state index contributed by atoms with van der Waals surface area (Å²) in [6.45, 7) is 11.2. The van der Waals surface area contributed by atoms with Gasteiger partial charge in [-0.15, -0.1) is 0 Å². The molecule has 2 saturated heterocycles. The molecule has 2 fully saturated rings. The zero-order valence-corrected chi connectivity index (χ0v) is 19.3. The first-order valence-electron chi connectivity index (χ1n) is 11.8. The van der Waals surface area contributed by atoms with E-state index in [1.807, 2.05) is 24.4 Å². The second-order valence-corrected chi connectivity index (χ2v) is 9.52. The molecule has 4 rings (SSSR count). The highest BCUT2D eigenvalue weighted by Crippen LogP contribution is 2.19. The summed E-state index contributed by atoms with van der Waals surface area (Å²) in [7, 11) is 0. The van der Waals surface area contributed by atoms with E-state index in [1.54, 1.807) is 0 Å². The van der Waals surface area contributed by atoms with E-state index >= 15 is 0 Å². The van der Waals surface area contributed by atoms with E-state index in [9.17, 15) is 4.79 Å². The van der Waals surface area contributed by atoms with Crippen molar-refractivity contribution in [2.45, 2.75) is 38.3 Å². The third-order valence-electron chi connectivity index (χ3n) is 6.50. The fourth-order valence-electron chi connectivity index (χ4n) is 4.52. The minimum Gasteiger partial charge on any atom is -0.369 e. The molecule has 7 nitrogen and oxygen atoms in total. The average Bonchev–Trinajstić information content (AvgIpc) is 3.27. The van der Waals surface area contributed by atoms with Gasteiger partial charge in [-0.3, -0.25) is 4.90 Å². The molecule has 1 aromatic heterocycles. The van der Waals surface area contributed by atoms with Crippen molar-refractivity contribution in [2.24, 2.45) is 0 Å². The molecule has 1 unspecified atom stereocenters. The molecule has 3 heterocycles. The second kappa shape index (κ2) is 10.2. The van der Waals surface area contributed by atoms with E-state index in [0.29, 0.717) is 0 Å². The SMILES string of the molecule is CC(C)(CCN1CCN(c2ccccc2)CC1)NC(=O)NC1CCN(c2ccccn2)C1. The molecule has 0 radical (unpaired) electrons. The number of nitrogens with zero attached hydrogens (tertiary/aromatic N) is 4. The molecule has 2 amide bonds. The Morgan fingerprint density at radius 1 is 1.00 bits per heavy atom. The summed E-state index contributed by atoms with van der Waals surface area (Å²) in [5.41, 5.74) is 1.05. The Hall–Kier alpha value is -2.80. The third kappa shape index (κ3) is 6.13. The van der Waals surface area contributed by atoms with Gasteiger partial charge in [0.25, 0.3) is 0 Å². The molecule has 2 aromatic rings. The van der Waals surface area contributed by atoms with Gasteiger partial charge >= 0.3 is 6.03 Å². The smallest absolute Gasteiger partial charge is 0.315 e. The molecule has 1 aromatic carbocycles. The number of rotatable bonds is 7. The first kappa shape index (κ1) is 22.4. The maximum Gasteiger partial charge on any atom is 0.315 e. The van der Waals surface area contributed by atoms with Crippen LogP contribution in [0.5, 0.6) is 0 Å². The highest BCUT2D eigenvalue weighted by Gasteiger charge is 2.28. The number of pyridine rings is 1. The summed E-state index contributed by atoms with van der Waals surface area (Å²) in [6.07, 6.45) is 3.68. The topological polar surface area (TPSA) is 63.7 Å². The normalized spacial score (nSPS) is 19.8. The number of urea groups is 1. The lowest BCUT2D eigenvalue weighted by Crippen LogP contribution is -2.53. The molecule has 0 spiro atoms. The van der Waals surface area contributed by atoms with E-state index in [0.717, 1.165) is 64.5 Å². The number of para-hydroxylation sites is 1. The van der Waals surface area contributed by atoms with Crippen LogP contribution in [0.2, 0.25) is 0 Å². The van der Waals surface area contributed by atoms with Gasteiger partial charge in [0.05, 0.1) is 0 Å². The number of hydrogen-bond acceptors (Lipinski definition) is 5. The van der Waals surface area contributed by atoms with E-state index < -0.39 is 0 Å². The van der Waals surface area contributed by atoms with E-state index in [-0.39, 0.29) is 17.6 Å². The van der Waals surface area contributed by atoms with Crippen molar-refractivity contribution in [2.75, 3.05) is 55.6 Å². The highest BCUT2D eigenvalue weighted by atomic mass is 16.2. The Kier molecular flexibility index (Phi) is 7.15. The van der Waals surface area contributed by atoms with Crippen LogP contribution < -0.4 is 20.4 Å². The van der Waals surface area contributed by atoms with Gasteiger partial charge in [-0.1, -0.05) is 24.3 Å². The molecule has 2 aliphatic heterocycles.